The zero-order chi connectivity index (χ0) is 15.6. The highest BCUT2D eigenvalue weighted by atomic mass is 16.4. The molecule has 0 aliphatic heterocycles. The van der Waals surface area contributed by atoms with Crippen molar-refractivity contribution < 1.29 is 14.3 Å². The molecule has 116 valence electrons. The zero-order valence-corrected chi connectivity index (χ0v) is 12.6. The first-order valence-corrected chi connectivity index (χ1v) is 7.61. The van der Waals surface area contributed by atoms with Crippen LogP contribution in [0.2, 0.25) is 0 Å². The second-order valence-corrected chi connectivity index (χ2v) is 5.83. The highest BCUT2D eigenvalue weighted by molar-refractivity contribution is 5.80. The third kappa shape index (κ3) is 2.76. The smallest absolute Gasteiger partial charge is 0.328 e. The van der Waals surface area contributed by atoms with Gasteiger partial charge in [0.25, 0.3) is 0 Å². The molecule has 1 aliphatic carbocycles. The highest BCUT2D eigenvalue weighted by Crippen LogP contribution is 2.24. The molecule has 1 aliphatic rings. The van der Waals surface area contributed by atoms with Crippen LogP contribution in [-0.2, 0) is 29.7 Å². The van der Waals surface area contributed by atoms with Gasteiger partial charge < -0.3 is 9.52 Å². The van der Waals surface area contributed by atoms with E-state index in [1.165, 1.54) is 0 Å². The molecular weight excluding hydrogens is 280 g/mol. The van der Waals surface area contributed by atoms with Crippen molar-refractivity contribution in [3.8, 4) is 0 Å². The number of hydrogen-bond acceptors (Lipinski definition) is 4. The molecule has 1 unspecified atom stereocenters. The van der Waals surface area contributed by atoms with Gasteiger partial charge in [-0.3, -0.25) is 5.32 Å². The van der Waals surface area contributed by atoms with Crippen molar-refractivity contribution >= 4 is 5.97 Å². The summed E-state index contributed by atoms with van der Waals surface area (Å²) >= 11 is 0. The average molecular weight is 300 g/mol. The quantitative estimate of drug-likeness (QED) is 0.888. The number of carboxylic acids is 1. The molecule has 0 spiro atoms. The molecule has 1 aromatic carbocycles. The molecular formula is C17H20N2O3. The summed E-state index contributed by atoms with van der Waals surface area (Å²) in [5.74, 6) is 0.602. The van der Waals surface area contributed by atoms with Crippen molar-refractivity contribution in [3.63, 3.8) is 0 Å². The summed E-state index contributed by atoms with van der Waals surface area (Å²) in [6.07, 6.45) is 4.15. The molecule has 3 rings (SSSR count). The lowest BCUT2D eigenvalue weighted by atomic mass is 9.92. The molecule has 5 nitrogen and oxygen atoms in total. The molecule has 0 radical (unpaired) electrons. The zero-order valence-electron chi connectivity index (χ0n) is 12.6. The number of aryl methyl sites for hydroxylation is 2. The Bertz CT molecular complexity index is 642. The van der Waals surface area contributed by atoms with Crippen LogP contribution in [0.25, 0.3) is 0 Å². The van der Waals surface area contributed by atoms with Gasteiger partial charge in [-0.1, -0.05) is 30.3 Å². The lowest BCUT2D eigenvalue weighted by Crippen LogP contribution is -2.46. The van der Waals surface area contributed by atoms with Gasteiger partial charge in [-0.2, -0.15) is 0 Å². The second kappa shape index (κ2) is 5.93. The number of aliphatic carboxylic acids is 1. The number of aromatic nitrogens is 1. The maximum absolute atomic E-state index is 11.7. The van der Waals surface area contributed by atoms with E-state index in [1.807, 2.05) is 30.3 Å². The van der Waals surface area contributed by atoms with Crippen molar-refractivity contribution in [1.29, 1.82) is 0 Å². The number of benzene rings is 1. The predicted octanol–water partition coefficient (Wildman–Crippen LogP) is 2.64. The summed E-state index contributed by atoms with van der Waals surface area (Å²) in [4.78, 5) is 16.2. The summed E-state index contributed by atoms with van der Waals surface area (Å²) in [6.45, 7) is 1.96. The van der Waals surface area contributed by atoms with E-state index in [9.17, 15) is 9.90 Å². The van der Waals surface area contributed by atoms with Gasteiger partial charge in [0, 0.05) is 6.42 Å². The number of rotatable bonds is 5. The fourth-order valence-corrected chi connectivity index (χ4v) is 2.81. The molecule has 0 amide bonds. The van der Waals surface area contributed by atoms with Gasteiger partial charge >= 0.3 is 5.97 Å². The molecule has 0 saturated carbocycles. The van der Waals surface area contributed by atoms with Gasteiger partial charge in [0.2, 0.25) is 5.89 Å². The molecule has 0 fully saturated rings. The van der Waals surface area contributed by atoms with E-state index in [4.69, 9.17) is 4.42 Å². The number of oxazole rings is 1. The van der Waals surface area contributed by atoms with E-state index in [2.05, 4.69) is 10.3 Å². The minimum absolute atomic E-state index is 0.296. The van der Waals surface area contributed by atoms with E-state index >= 15 is 0 Å². The van der Waals surface area contributed by atoms with Crippen LogP contribution in [0.3, 0.4) is 0 Å². The Morgan fingerprint density at radius 1 is 1.32 bits per heavy atom. The topological polar surface area (TPSA) is 75.4 Å². The Kier molecular flexibility index (Phi) is 3.98. The molecule has 1 atom stereocenters. The second-order valence-electron chi connectivity index (χ2n) is 5.83. The fraction of sp³-hybridized carbons (Fsp3) is 0.412. The lowest BCUT2D eigenvalue weighted by Gasteiger charge is -2.26. The van der Waals surface area contributed by atoms with Crippen LogP contribution < -0.4 is 5.32 Å². The summed E-state index contributed by atoms with van der Waals surface area (Å²) in [6, 6.07) is 9.15. The molecule has 5 heteroatoms. The summed E-state index contributed by atoms with van der Waals surface area (Å²) in [7, 11) is 0. The van der Waals surface area contributed by atoms with Crippen molar-refractivity contribution in [3.05, 3.63) is 53.2 Å². The third-order valence-corrected chi connectivity index (χ3v) is 4.26. The van der Waals surface area contributed by atoms with E-state index in [-0.39, 0.29) is 0 Å². The van der Waals surface area contributed by atoms with Crippen LogP contribution in [0, 0.1) is 0 Å². The largest absolute Gasteiger partial charge is 0.480 e. The number of carbonyl (C=O) groups is 1. The molecule has 0 bridgehead atoms. The van der Waals surface area contributed by atoms with Crippen LogP contribution in [-0.4, -0.2) is 16.1 Å². The number of carboxylic acid groups (broad SMARTS) is 1. The first kappa shape index (κ1) is 14.8. The summed E-state index contributed by atoms with van der Waals surface area (Å²) < 4.78 is 5.75. The molecule has 2 N–H and O–H groups in total. The van der Waals surface area contributed by atoms with Gasteiger partial charge in [0.1, 0.15) is 11.3 Å². The van der Waals surface area contributed by atoms with Crippen molar-refractivity contribution in [2.24, 2.45) is 0 Å². The maximum atomic E-state index is 11.7. The molecule has 0 saturated heterocycles. The van der Waals surface area contributed by atoms with Crippen LogP contribution >= 0.6 is 0 Å². The SMILES string of the molecule is CC(NCc1nc2c(o1)CCCC2)(C(=O)O)c1ccccc1. The Balaban J connectivity index is 1.77. The van der Waals surface area contributed by atoms with Crippen LogP contribution in [0.15, 0.2) is 34.7 Å². The molecule has 22 heavy (non-hydrogen) atoms. The third-order valence-electron chi connectivity index (χ3n) is 4.26. The number of nitrogens with zero attached hydrogens (tertiary/aromatic N) is 1. The summed E-state index contributed by atoms with van der Waals surface area (Å²) in [5, 5.41) is 12.7. The monoisotopic (exact) mass is 300 g/mol. The van der Waals surface area contributed by atoms with Gasteiger partial charge in [0.15, 0.2) is 0 Å². The minimum Gasteiger partial charge on any atom is -0.480 e. The van der Waals surface area contributed by atoms with E-state index < -0.39 is 11.5 Å². The van der Waals surface area contributed by atoms with Gasteiger partial charge in [-0.05, 0) is 31.7 Å². The molecule has 2 aromatic rings. The number of nitrogens with one attached hydrogen (secondary N) is 1. The van der Waals surface area contributed by atoms with E-state index in [1.54, 1.807) is 6.92 Å². The average Bonchev–Trinajstić information content (AvgIpc) is 2.96. The van der Waals surface area contributed by atoms with Gasteiger partial charge in [0.05, 0.1) is 12.2 Å². The van der Waals surface area contributed by atoms with Crippen molar-refractivity contribution in [2.45, 2.75) is 44.7 Å². The Hall–Kier alpha value is -2.14. The number of fused-ring (bicyclic) bond motifs is 1. The normalized spacial score (nSPS) is 16.8. The highest BCUT2D eigenvalue weighted by Gasteiger charge is 2.35. The van der Waals surface area contributed by atoms with Gasteiger partial charge in [-0.15, -0.1) is 0 Å². The van der Waals surface area contributed by atoms with Crippen LogP contribution in [0.5, 0.6) is 0 Å². The van der Waals surface area contributed by atoms with Crippen LogP contribution in [0.1, 0.15) is 42.7 Å². The standard InChI is InChI=1S/C17H20N2O3/c1-17(16(20)21,12-7-3-2-4-8-12)18-11-15-19-13-9-5-6-10-14(13)22-15/h2-4,7-8,18H,5-6,9-11H2,1H3,(H,20,21). The lowest BCUT2D eigenvalue weighted by molar-refractivity contribution is -0.144. The first-order chi connectivity index (χ1) is 10.6. The Morgan fingerprint density at radius 2 is 2.05 bits per heavy atom. The van der Waals surface area contributed by atoms with Crippen molar-refractivity contribution in [2.75, 3.05) is 0 Å². The molecule has 1 heterocycles. The number of hydrogen-bond donors (Lipinski definition) is 2. The predicted molar refractivity (Wildman–Crippen MR) is 81.4 cm³/mol. The fourth-order valence-electron chi connectivity index (χ4n) is 2.81. The Labute approximate surface area is 129 Å². The summed E-state index contributed by atoms with van der Waals surface area (Å²) in [5.41, 5.74) is 0.564. The van der Waals surface area contributed by atoms with Crippen LogP contribution in [0.4, 0.5) is 0 Å². The van der Waals surface area contributed by atoms with E-state index in [0.29, 0.717) is 18.0 Å². The molecule has 1 aromatic heterocycles. The maximum Gasteiger partial charge on any atom is 0.328 e. The Morgan fingerprint density at radius 3 is 2.73 bits per heavy atom. The van der Waals surface area contributed by atoms with E-state index in [0.717, 1.165) is 37.1 Å². The van der Waals surface area contributed by atoms with Gasteiger partial charge in [-0.25, -0.2) is 9.78 Å². The minimum atomic E-state index is -1.17. The van der Waals surface area contributed by atoms with Crippen molar-refractivity contribution in [1.82, 2.24) is 10.3 Å². The first-order valence-electron chi connectivity index (χ1n) is 7.61.